The molecule has 0 N–H and O–H groups in total. The first kappa shape index (κ1) is 12.1. The predicted octanol–water partition coefficient (Wildman–Crippen LogP) is 4.89. The van der Waals surface area contributed by atoms with Gasteiger partial charge in [-0.25, -0.2) is 0 Å². The fourth-order valence-corrected chi connectivity index (χ4v) is 4.79. The molecule has 1 saturated carbocycles. The van der Waals surface area contributed by atoms with Crippen LogP contribution in [0.4, 0.5) is 0 Å². The largest absolute Gasteiger partial charge is 0.0651 e. The summed E-state index contributed by atoms with van der Waals surface area (Å²) in [4.78, 5) is 0. The van der Waals surface area contributed by atoms with E-state index in [1.807, 2.05) is 0 Å². The van der Waals surface area contributed by atoms with E-state index in [0.717, 1.165) is 11.8 Å². The van der Waals surface area contributed by atoms with Crippen LogP contribution in [0.1, 0.15) is 67.2 Å². The maximum atomic E-state index is 2.50. The molecule has 1 fully saturated rings. The van der Waals surface area contributed by atoms with Crippen LogP contribution in [-0.2, 0) is 0 Å². The highest BCUT2D eigenvalue weighted by atomic mass is 14.7. The van der Waals surface area contributed by atoms with Crippen LogP contribution in [0.5, 0.6) is 0 Å². The van der Waals surface area contributed by atoms with Crippen LogP contribution in [0.3, 0.4) is 0 Å². The van der Waals surface area contributed by atoms with Crippen molar-refractivity contribution in [3.05, 3.63) is 0 Å². The smallest absolute Gasteiger partial charge is 0.0218 e. The fourth-order valence-electron chi connectivity index (χ4n) is 4.79. The molecule has 0 radical (unpaired) electrons. The van der Waals surface area contributed by atoms with Gasteiger partial charge in [0, 0.05) is 0 Å². The molecule has 0 bridgehead atoms. The number of hydrogen-bond acceptors (Lipinski definition) is 0. The topological polar surface area (TPSA) is 0 Å². The van der Waals surface area contributed by atoms with Gasteiger partial charge in [-0.2, -0.15) is 0 Å². The Balaban J connectivity index is 2.95. The van der Waals surface area contributed by atoms with Gasteiger partial charge in [-0.1, -0.05) is 54.4 Å². The third kappa shape index (κ3) is 1.19. The molecule has 0 heteroatoms. The van der Waals surface area contributed by atoms with Gasteiger partial charge in [0.15, 0.2) is 0 Å². The first-order valence-corrected chi connectivity index (χ1v) is 6.51. The lowest BCUT2D eigenvalue weighted by molar-refractivity contribution is -0.197. The minimum Gasteiger partial charge on any atom is -0.0651 e. The van der Waals surface area contributed by atoms with Gasteiger partial charge in [0.1, 0.15) is 0 Å². The summed E-state index contributed by atoms with van der Waals surface area (Å²) in [6, 6.07) is 0. The van der Waals surface area contributed by atoms with Crippen molar-refractivity contribution in [1.82, 2.24) is 0 Å². The Bertz CT molecular complexity index is 186. The number of rotatable bonds is 4. The highest BCUT2D eigenvalue weighted by Gasteiger charge is 2.62. The summed E-state index contributed by atoms with van der Waals surface area (Å²) in [6.07, 6.45) is 5.48. The lowest BCUT2D eigenvalue weighted by Gasteiger charge is -2.68. The van der Waals surface area contributed by atoms with Crippen LogP contribution < -0.4 is 0 Å². The molecule has 0 nitrogen and oxygen atoms in total. The Morgan fingerprint density at radius 3 is 1.50 bits per heavy atom. The summed E-state index contributed by atoms with van der Waals surface area (Å²) in [5.74, 6) is 1.95. The van der Waals surface area contributed by atoms with Gasteiger partial charge in [-0.05, 0) is 35.5 Å². The van der Waals surface area contributed by atoms with E-state index in [9.17, 15) is 0 Å². The monoisotopic (exact) mass is 196 g/mol. The molecule has 0 aliphatic heterocycles. The Hall–Kier alpha value is 0. The molecule has 84 valence electrons. The summed E-state index contributed by atoms with van der Waals surface area (Å²) in [5, 5.41) is 0. The Morgan fingerprint density at radius 1 is 0.786 bits per heavy atom. The Labute approximate surface area is 90.5 Å². The Morgan fingerprint density at radius 2 is 1.21 bits per heavy atom. The maximum absolute atomic E-state index is 2.50. The molecule has 0 amide bonds. The van der Waals surface area contributed by atoms with Gasteiger partial charge in [-0.15, -0.1) is 0 Å². The number of hydrogen-bond donors (Lipinski definition) is 0. The molecule has 2 atom stereocenters. The van der Waals surface area contributed by atoms with Crippen LogP contribution in [-0.4, -0.2) is 0 Å². The van der Waals surface area contributed by atoms with Crippen LogP contribution in [0.15, 0.2) is 0 Å². The van der Waals surface area contributed by atoms with E-state index in [1.165, 1.54) is 25.7 Å². The average Bonchev–Trinajstić information content (AvgIpc) is 2.16. The fraction of sp³-hybridized carbons (Fsp3) is 1.00. The second kappa shape index (κ2) is 3.87. The molecule has 0 spiro atoms. The molecule has 14 heavy (non-hydrogen) atoms. The maximum Gasteiger partial charge on any atom is -0.0218 e. The van der Waals surface area contributed by atoms with Crippen LogP contribution >= 0.6 is 0 Å². The van der Waals surface area contributed by atoms with Crippen molar-refractivity contribution in [2.45, 2.75) is 67.2 Å². The molecule has 0 aromatic heterocycles. The van der Waals surface area contributed by atoms with Crippen molar-refractivity contribution in [3.8, 4) is 0 Å². The second-order valence-corrected chi connectivity index (χ2v) is 5.61. The van der Waals surface area contributed by atoms with E-state index in [4.69, 9.17) is 0 Å². The van der Waals surface area contributed by atoms with E-state index in [2.05, 4.69) is 41.5 Å². The van der Waals surface area contributed by atoms with Crippen molar-refractivity contribution in [3.63, 3.8) is 0 Å². The van der Waals surface area contributed by atoms with Gasteiger partial charge in [0.2, 0.25) is 0 Å². The normalized spacial score (nSPS) is 33.9. The zero-order valence-electron chi connectivity index (χ0n) is 11.0. The van der Waals surface area contributed by atoms with E-state index in [1.54, 1.807) is 0 Å². The molecular formula is C14H28. The second-order valence-electron chi connectivity index (χ2n) is 5.61. The molecule has 1 aliphatic carbocycles. The van der Waals surface area contributed by atoms with E-state index in [-0.39, 0.29) is 0 Å². The third-order valence-electron chi connectivity index (χ3n) is 5.55. The van der Waals surface area contributed by atoms with Crippen molar-refractivity contribution in [2.75, 3.05) is 0 Å². The summed E-state index contributed by atoms with van der Waals surface area (Å²) in [7, 11) is 0. The summed E-state index contributed by atoms with van der Waals surface area (Å²) in [6.45, 7) is 14.5. The molecule has 1 aliphatic rings. The molecule has 2 unspecified atom stereocenters. The van der Waals surface area contributed by atoms with Gasteiger partial charge < -0.3 is 0 Å². The molecule has 0 heterocycles. The summed E-state index contributed by atoms with van der Waals surface area (Å²) in [5.41, 5.74) is 1.22. The van der Waals surface area contributed by atoms with E-state index in [0.29, 0.717) is 10.8 Å². The van der Waals surface area contributed by atoms with E-state index >= 15 is 0 Å². The molecule has 0 saturated heterocycles. The highest BCUT2D eigenvalue weighted by Crippen LogP contribution is 2.69. The zero-order valence-corrected chi connectivity index (χ0v) is 11.0. The van der Waals surface area contributed by atoms with Crippen molar-refractivity contribution < 1.29 is 0 Å². The SMILES string of the molecule is CCC1C(CC)C(CC)(CC)C1(C)C. The van der Waals surface area contributed by atoms with Gasteiger partial charge in [-0.3, -0.25) is 0 Å². The molecule has 0 aromatic carbocycles. The lowest BCUT2D eigenvalue weighted by Crippen LogP contribution is -2.61. The van der Waals surface area contributed by atoms with Crippen LogP contribution in [0, 0.1) is 22.7 Å². The zero-order chi connectivity index (χ0) is 11.0. The van der Waals surface area contributed by atoms with Crippen LogP contribution in [0.25, 0.3) is 0 Å². The van der Waals surface area contributed by atoms with Gasteiger partial charge in [0.05, 0.1) is 0 Å². The third-order valence-corrected chi connectivity index (χ3v) is 5.55. The highest BCUT2D eigenvalue weighted by molar-refractivity contribution is 5.10. The first-order chi connectivity index (χ1) is 6.51. The minimum absolute atomic E-state index is 0.575. The molecule has 1 rings (SSSR count). The molecular weight excluding hydrogens is 168 g/mol. The van der Waals surface area contributed by atoms with Crippen molar-refractivity contribution >= 4 is 0 Å². The van der Waals surface area contributed by atoms with Gasteiger partial charge >= 0.3 is 0 Å². The molecule has 0 aromatic rings. The van der Waals surface area contributed by atoms with Crippen molar-refractivity contribution in [2.24, 2.45) is 22.7 Å². The van der Waals surface area contributed by atoms with Crippen LogP contribution in [0.2, 0.25) is 0 Å². The summed E-state index contributed by atoms with van der Waals surface area (Å²) < 4.78 is 0. The average molecular weight is 196 g/mol. The van der Waals surface area contributed by atoms with Gasteiger partial charge in [0.25, 0.3) is 0 Å². The lowest BCUT2D eigenvalue weighted by atomic mass is 9.36. The summed E-state index contributed by atoms with van der Waals surface area (Å²) >= 11 is 0. The first-order valence-electron chi connectivity index (χ1n) is 6.51. The van der Waals surface area contributed by atoms with E-state index < -0.39 is 0 Å². The predicted molar refractivity (Wildman–Crippen MR) is 64.4 cm³/mol. The standard InChI is InChI=1S/C14H28/c1-7-11-12(8-2)14(9-3,10-4)13(11,5)6/h11-12H,7-10H2,1-6H3. The minimum atomic E-state index is 0.575. The van der Waals surface area contributed by atoms with Crippen molar-refractivity contribution in [1.29, 1.82) is 0 Å². The Kier molecular flexibility index (Phi) is 3.33. The quantitative estimate of drug-likeness (QED) is 0.601.